The summed E-state index contributed by atoms with van der Waals surface area (Å²) in [6.45, 7) is 7.65. The highest BCUT2D eigenvalue weighted by atomic mass is 32.2. The van der Waals surface area contributed by atoms with Gasteiger partial charge in [-0.3, -0.25) is 14.3 Å². The maximum atomic E-state index is 12.2. The fourth-order valence-corrected chi connectivity index (χ4v) is 5.47. The topological polar surface area (TPSA) is 80.3 Å². The zero-order valence-electron chi connectivity index (χ0n) is 13.2. The number of amides is 1. The lowest BCUT2D eigenvalue weighted by Crippen LogP contribution is -2.40. The maximum Gasteiger partial charge on any atom is 0.236 e. The number of nitrogens with one attached hydrogen (secondary N) is 1. The number of hydrogen-bond acceptors (Lipinski definition) is 4. The summed E-state index contributed by atoms with van der Waals surface area (Å²) in [4.78, 5) is 23.8. The van der Waals surface area contributed by atoms with Crippen molar-refractivity contribution in [1.82, 2.24) is 4.72 Å². The molecule has 5 nitrogen and oxygen atoms in total. The lowest BCUT2D eigenvalue weighted by atomic mass is 9.80. The Hall–Kier alpha value is -0.910. The van der Waals surface area contributed by atoms with Gasteiger partial charge in [-0.05, 0) is 30.1 Å². The molecule has 1 N–H and O–H groups in total. The third-order valence-corrected chi connectivity index (χ3v) is 6.84. The van der Waals surface area contributed by atoms with E-state index >= 15 is 0 Å². The van der Waals surface area contributed by atoms with Crippen molar-refractivity contribution in [2.45, 2.75) is 47.0 Å². The Labute approximate surface area is 126 Å². The lowest BCUT2D eigenvalue weighted by Gasteiger charge is -2.25. The van der Waals surface area contributed by atoms with Gasteiger partial charge >= 0.3 is 0 Å². The minimum atomic E-state index is -3.67. The van der Waals surface area contributed by atoms with E-state index in [1.165, 1.54) is 0 Å². The molecule has 1 amide bonds. The number of Topliss-reactive ketones (excluding diaryl/α,β-unsaturated/α-hetero) is 1. The molecule has 6 heteroatoms. The summed E-state index contributed by atoms with van der Waals surface area (Å²) >= 11 is 0. The molecule has 4 unspecified atom stereocenters. The number of fused-ring (bicyclic) bond motifs is 2. The van der Waals surface area contributed by atoms with Gasteiger partial charge in [-0.25, -0.2) is 8.42 Å². The zero-order valence-corrected chi connectivity index (χ0v) is 14.0. The largest absolute Gasteiger partial charge is 0.299 e. The quantitative estimate of drug-likeness (QED) is 0.838. The number of sulfonamides is 1. The van der Waals surface area contributed by atoms with Crippen LogP contribution < -0.4 is 4.72 Å². The van der Waals surface area contributed by atoms with Crippen molar-refractivity contribution in [1.29, 1.82) is 0 Å². The number of carbonyl (C=O) groups excluding carboxylic acids is 2. The summed E-state index contributed by atoms with van der Waals surface area (Å²) in [5, 5.41) is 0. The van der Waals surface area contributed by atoms with Crippen LogP contribution in [0.5, 0.6) is 0 Å². The van der Waals surface area contributed by atoms with Crippen LogP contribution in [-0.2, 0) is 19.6 Å². The van der Waals surface area contributed by atoms with Gasteiger partial charge in [0.15, 0.2) is 0 Å². The van der Waals surface area contributed by atoms with Crippen molar-refractivity contribution in [3.05, 3.63) is 0 Å². The van der Waals surface area contributed by atoms with Crippen molar-refractivity contribution in [2.24, 2.45) is 29.1 Å². The van der Waals surface area contributed by atoms with Crippen LogP contribution in [0.15, 0.2) is 0 Å². The highest BCUT2D eigenvalue weighted by Crippen LogP contribution is 2.58. The summed E-state index contributed by atoms with van der Waals surface area (Å²) in [5.41, 5.74) is -0.113. The Bertz CT molecular complexity index is 552. The average Bonchev–Trinajstić information content (AvgIpc) is 2.70. The molecule has 2 rings (SSSR count). The lowest BCUT2D eigenvalue weighted by molar-refractivity contribution is -0.124. The first kappa shape index (κ1) is 16.5. The molecule has 0 saturated heterocycles. The fraction of sp³-hybridized carbons (Fsp3) is 0.867. The van der Waals surface area contributed by atoms with Gasteiger partial charge in [-0.15, -0.1) is 0 Å². The zero-order chi connectivity index (χ0) is 16.0. The van der Waals surface area contributed by atoms with E-state index in [9.17, 15) is 18.0 Å². The summed E-state index contributed by atoms with van der Waals surface area (Å²) in [6.07, 6.45) is 1.94. The van der Waals surface area contributed by atoms with Gasteiger partial charge in [-0.1, -0.05) is 27.7 Å². The van der Waals surface area contributed by atoms with E-state index in [-0.39, 0.29) is 40.6 Å². The van der Waals surface area contributed by atoms with Crippen molar-refractivity contribution in [3.63, 3.8) is 0 Å². The molecular weight excluding hydrogens is 290 g/mol. The third kappa shape index (κ3) is 3.00. The average molecular weight is 315 g/mol. The van der Waals surface area contributed by atoms with Gasteiger partial charge < -0.3 is 0 Å². The van der Waals surface area contributed by atoms with E-state index < -0.39 is 15.9 Å². The Balaban J connectivity index is 2.06. The summed E-state index contributed by atoms with van der Waals surface area (Å²) in [7, 11) is -3.67. The molecule has 0 spiro atoms. The second-order valence-electron chi connectivity index (χ2n) is 7.22. The molecule has 0 aliphatic heterocycles. The van der Waals surface area contributed by atoms with Crippen molar-refractivity contribution >= 4 is 21.7 Å². The van der Waals surface area contributed by atoms with Crippen LogP contribution in [0.4, 0.5) is 0 Å². The standard InChI is InChI=1S/C15H25NO4S/c1-5-9(2)14(18)16-21(19,20)8-10-6-11-7-12(17)13(10)15(11,3)4/h9-11,13H,5-8H2,1-4H3,(H,16,18). The first-order valence-corrected chi connectivity index (χ1v) is 9.30. The highest BCUT2D eigenvalue weighted by molar-refractivity contribution is 7.90. The fourth-order valence-electron chi connectivity index (χ4n) is 3.99. The first-order chi connectivity index (χ1) is 9.58. The summed E-state index contributed by atoms with van der Waals surface area (Å²) < 4.78 is 26.5. The predicted molar refractivity (Wildman–Crippen MR) is 79.9 cm³/mol. The molecular formula is C15H25NO4S. The van der Waals surface area contributed by atoms with Gasteiger partial charge in [0.1, 0.15) is 5.78 Å². The van der Waals surface area contributed by atoms with Crippen LogP contribution in [0.25, 0.3) is 0 Å². The summed E-state index contributed by atoms with van der Waals surface area (Å²) in [5.74, 6) is -0.772. The molecule has 2 fully saturated rings. The number of ketones is 1. The van der Waals surface area contributed by atoms with Gasteiger partial charge in [-0.2, -0.15) is 0 Å². The van der Waals surface area contributed by atoms with E-state index in [4.69, 9.17) is 0 Å². The normalized spacial score (nSPS) is 32.2. The molecule has 0 aromatic heterocycles. The molecule has 0 aromatic carbocycles. The van der Waals surface area contributed by atoms with E-state index in [1.54, 1.807) is 6.92 Å². The van der Waals surface area contributed by atoms with E-state index in [2.05, 4.69) is 18.6 Å². The number of hydrogen-bond donors (Lipinski definition) is 1. The van der Waals surface area contributed by atoms with E-state index in [0.717, 1.165) is 6.42 Å². The van der Waals surface area contributed by atoms with E-state index in [0.29, 0.717) is 12.8 Å². The molecule has 21 heavy (non-hydrogen) atoms. The first-order valence-electron chi connectivity index (χ1n) is 7.65. The smallest absolute Gasteiger partial charge is 0.236 e. The number of carbonyl (C=O) groups is 2. The molecule has 2 aliphatic rings. The maximum absolute atomic E-state index is 12.2. The highest BCUT2D eigenvalue weighted by Gasteiger charge is 2.58. The third-order valence-electron chi connectivity index (χ3n) is 5.46. The Morgan fingerprint density at radius 2 is 2.05 bits per heavy atom. The molecule has 120 valence electrons. The van der Waals surface area contributed by atoms with Crippen LogP contribution in [0.3, 0.4) is 0 Å². The second-order valence-corrected chi connectivity index (χ2v) is 8.99. The minimum Gasteiger partial charge on any atom is -0.299 e. The monoisotopic (exact) mass is 315 g/mol. The molecule has 4 atom stereocenters. The van der Waals surface area contributed by atoms with Gasteiger partial charge in [0.2, 0.25) is 15.9 Å². The Morgan fingerprint density at radius 1 is 1.43 bits per heavy atom. The predicted octanol–water partition coefficient (Wildman–Crippen LogP) is 1.73. The summed E-state index contributed by atoms with van der Waals surface area (Å²) in [6, 6.07) is 0. The van der Waals surface area contributed by atoms with Crippen LogP contribution in [0.1, 0.15) is 47.0 Å². The van der Waals surface area contributed by atoms with Gasteiger partial charge in [0, 0.05) is 18.3 Å². The molecule has 2 bridgehead atoms. The van der Waals surface area contributed by atoms with Gasteiger partial charge in [0.05, 0.1) is 5.75 Å². The van der Waals surface area contributed by atoms with Crippen molar-refractivity contribution in [3.8, 4) is 0 Å². The van der Waals surface area contributed by atoms with Crippen LogP contribution in [0.2, 0.25) is 0 Å². The van der Waals surface area contributed by atoms with Crippen molar-refractivity contribution < 1.29 is 18.0 Å². The van der Waals surface area contributed by atoms with Crippen LogP contribution in [0, 0.1) is 29.1 Å². The number of rotatable bonds is 5. The Morgan fingerprint density at radius 3 is 2.52 bits per heavy atom. The molecule has 0 radical (unpaired) electrons. The molecule has 2 aliphatic carbocycles. The second kappa shape index (κ2) is 5.38. The Kier molecular flexibility index (Phi) is 4.21. The van der Waals surface area contributed by atoms with Crippen LogP contribution in [-0.4, -0.2) is 25.9 Å². The van der Waals surface area contributed by atoms with Gasteiger partial charge in [0.25, 0.3) is 0 Å². The van der Waals surface area contributed by atoms with Crippen molar-refractivity contribution in [2.75, 3.05) is 5.75 Å². The minimum absolute atomic E-state index is 0.113. The van der Waals surface area contributed by atoms with E-state index in [1.807, 2.05) is 6.92 Å². The van der Waals surface area contributed by atoms with Crippen LogP contribution >= 0.6 is 0 Å². The SMILES string of the molecule is CCC(C)C(=O)NS(=O)(=O)CC1CC2CC(=O)C1C2(C)C. The molecule has 2 saturated carbocycles. The molecule has 0 aromatic rings. The molecule has 0 heterocycles.